The zero-order chi connectivity index (χ0) is 16.4. The van der Waals surface area contributed by atoms with Crippen LogP contribution in [0.2, 0.25) is 0 Å². The molecule has 1 unspecified atom stereocenters. The first-order valence-corrected chi connectivity index (χ1v) is 8.06. The maximum Gasteiger partial charge on any atom is 0.167 e. The predicted octanol–water partition coefficient (Wildman–Crippen LogP) is 4.74. The van der Waals surface area contributed by atoms with Gasteiger partial charge in [-0.05, 0) is 29.7 Å². The molecule has 0 amide bonds. The topological polar surface area (TPSA) is 52.0 Å². The normalized spacial score (nSPS) is 12.4. The standard InChI is InChI=1S/C21H18N2O/c22-19(14-15-8-2-1-3-9-15)16-10-4-5-11-17(16)21-18-12-6-7-13-20(18)24-23-21/h1-13,19H,14,22H2. The monoisotopic (exact) mass is 314 g/mol. The van der Waals surface area contributed by atoms with Gasteiger partial charge in [0.2, 0.25) is 0 Å². The van der Waals surface area contributed by atoms with Gasteiger partial charge in [0.1, 0.15) is 5.69 Å². The summed E-state index contributed by atoms with van der Waals surface area (Å²) in [7, 11) is 0. The number of hydrogen-bond donors (Lipinski definition) is 1. The van der Waals surface area contributed by atoms with Gasteiger partial charge in [0.15, 0.2) is 5.58 Å². The zero-order valence-electron chi connectivity index (χ0n) is 13.2. The summed E-state index contributed by atoms with van der Waals surface area (Å²) in [6.07, 6.45) is 0.785. The molecular formula is C21H18N2O. The van der Waals surface area contributed by atoms with E-state index in [4.69, 9.17) is 10.3 Å². The quantitative estimate of drug-likeness (QED) is 0.592. The third-order valence-electron chi connectivity index (χ3n) is 4.29. The van der Waals surface area contributed by atoms with Gasteiger partial charge in [0.25, 0.3) is 0 Å². The molecule has 0 fully saturated rings. The second-order valence-corrected chi connectivity index (χ2v) is 5.91. The van der Waals surface area contributed by atoms with Crippen molar-refractivity contribution in [1.29, 1.82) is 0 Å². The highest BCUT2D eigenvalue weighted by Gasteiger charge is 2.17. The fourth-order valence-corrected chi connectivity index (χ4v) is 3.09. The Morgan fingerprint density at radius 1 is 0.833 bits per heavy atom. The number of nitrogens with two attached hydrogens (primary N) is 1. The Balaban J connectivity index is 1.75. The molecular weight excluding hydrogens is 296 g/mol. The summed E-state index contributed by atoms with van der Waals surface area (Å²) in [6.45, 7) is 0. The van der Waals surface area contributed by atoms with E-state index in [2.05, 4.69) is 29.4 Å². The van der Waals surface area contributed by atoms with Gasteiger partial charge in [-0.3, -0.25) is 0 Å². The number of aromatic nitrogens is 1. The summed E-state index contributed by atoms with van der Waals surface area (Å²) in [4.78, 5) is 0. The SMILES string of the molecule is NC(Cc1ccccc1)c1ccccc1-c1noc2ccccc12. The number of fused-ring (bicyclic) bond motifs is 1. The van der Waals surface area contributed by atoms with Gasteiger partial charge in [0, 0.05) is 17.0 Å². The molecule has 1 atom stereocenters. The summed E-state index contributed by atoms with van der Waals surface area (Å²) in [5.74, 6) is 0. The molecule has 3 aromatic carbocycles. The second-order valence-electron chi connectivity index (χ2n) is 5.91. The molecule has 1 heterocycles. The number of hydrogen-bond acceptors (Lipinski definition) is 3. The Morgan fingerprint density at radius 3 is 2.42 bits per heavy atom. The van der Waals surface area contributed by atoms with Gasteiger partial charge in [-0.1, -0.05) is 71.9 Å². The second kappa shape index (κ2) is 6.30. The van der Waals surface area contributed by atoms with E-state index < -0.39 is 0 Å². The van der Waals surface area contributed by atoms with E-state index in [1.54, 1.807) is 0 Å². The first-order chi connectivity index (χ1) is 11.8. The van der Waals surface area contributed by atoms with Crippen molar-refractivity contribution in [1.82, 2.24) is 5.16 Å². The van der Waals surface area contributed by atoms with Crippen LogP contribution in [0, 0.1) is 0 Å². The van der Waals surface area contributed by atoms with Crippen molar-refractivity contribution in [2.24, 2.45) is 5.73 Å². The van der Waals surface area contributed by atoms with Crippen molar-refractivity contribution >= 4 is 11.0 Å². The lowest BCUT2D eigenvalue weighted by Gasteiger charge is -2.15. The zero-order valence-corrected chi connectivity index (χ0v) is 13.2. The first kappa shape index (κ1) is 14.7. The molecule has 0 bridgehead atoms. The molecule has 4 aromatic rings. The number of para-hydroxylation sites is 1. The molecule has 0 radical (unpaired) electrons. The van der Waals surface area contributed by atoms with E-state index >= 15 is 0 Å². The third kappa shape index (κ3) is 2.70. The molecule has 0 saturated heterocycles. The molecule has 0 aliphatic carbocycles. The molecule has 0 aliphatic heterocycles. The molecule has 24 heavy (non-hydrogen) atoms. The van der Waals surface area contributed by atoms with Crippen LogP contribution in [0.5, 0.6) is 0 Å². The number of nitrogens with zero attached hydrogens (tertiary/aromatic N) is 1. The fraction of sp³-hybridized carbons (Fsp3) is 0.0952. The molecule has 4 rings (SSSR count). The Bertz CT molecular complexity index is 960. The smallest absolute Gasteiger partial charge is 0.167 e. The van der Waals surface area contributed by atoms with Crippen LogP contribution in [0.4, 0.5) is 0 Å². The number of rotatable bonds is 4. The highest BCUT2D eigenvalue weighted by Crippen LogP contribution is 2.33. The van der Waals surface area contributed by atoms with Gasteiger partial charge < -0.3 is 10.3 Å². The lowest BCUT2D eigenvalue weighted by atomic mass is 9.93. The molecule has 0 saturated carbocycles. The average Bonchev–Trinajstić information content (AvgIpc) is 3.06. The minimum Gasteiger partial charge on any atom is -0.356 e. The molecule has 0 aliphatic rings. The summed E-state index contributed by atoms with van der Waals surface area (Å²) >= 11 is 0. The van der Waals surface area contributed by atoms with E-state index in [9.17, 15) is 0 Å². The van der Waals surface area contributed by atoms with Crippen molar-refractivity contribution in [2.45, 2.75) is 12.5 Å². The van der Waals surface area contributed by atoms with Gasteiger partial charge in [-0.2, -0.15) is 0 Å². The molecule has 1 aromatic heterocycles. The van der Waals surface area contributed by atoms with Crippen LogP contribution in [0.25, 0.3) is 22.2 Å². The van der Waals surface area contributed by atoms with Crippen LogP contribution in [0.1, 0.15) is 17.2 Å². The minimum atomic E-state index is -0.0981. The summed E-state index contributed by atoms with van der Waals surface area (Å²) < 4.78 is 5.47. The third-order valence-corrected chi connectivity index (χ3v) is 4.29. The highest BCUT2D eigenvalue weighted by molar-refractivity contribution is 5.92. The van der Waals surface area contributed by atoms with Crippen LogP contribution < -0.4 is 5.73 Å². The summed E-state index contributed by atoms with van der Waals surface area (Å²) in [6, 6.07) is 26.3. The van der Waals surface area contributed by atoms with Crippen LogP contribution in [0.3, 0.4) is 0 Å². The summed E-state index contributed by atoms with van der Waals surface area (Å²) in [5, 5.41) is 5.30. The highest BCUT2D eigenvalue weighted by atomic mass is 16.5. The largest absolute Gasteiger partial charge is 0.356 e. The van der Waals surface area contributed by atoms with Crippen LogP contribution >= 0.6 is 0 Å². The molecule has 3 heteroatoms. The van der Waals surface area contributed by atoms with Crippen molar-refractivity contribution in [3.05, 3.63) is 90.0 Å². The van der Waals surface area contributed by atoms with E-state index in [1.165, 1.54) is 5.56 Å². The maximum atomic E-state index is 6.52. The van der Waals surface area contributed by atoms with Crippen LogP contribution in [-0.2, 0) is 6.42 Å². The van der Waals surface area contributed by atoms with Crippen molar-refractivity contribution < 1.29 is 4.52 Å². The van der Waals surface area contributed by atoms with E-state index in [0.29, 0.717) is 0 Å². The average molecular weight is 314 g/mol. The van der Waals surface area contributed by atoms with Gasteiger partial charge in [0.05, 0.1) is 0 Å². The number of benzene rings is 3. The van der Waals surface area contributed by atoms with Gasteiger partial charge in [-0.15, -0.1) is 0 Å². The Hall–Kier alpha value is -2.91. The van der Waals surface area contributed by atoms with Gasteiger partial charge >= 0.3 is 0 Å². The Morgan fingerprint density at radius 2 is 1.54 bits per heavy atom. The molecule has 118 valence electrons. The minimum absolute atomic E-state index is 0.0981. The van der Waals surface area contributed by atoms with E-state index in [-0.39, 0.29) is 6.04 Å². The molecule has 2 N–H and O–H groups in total. The lowest BCUT2D eigenvalue weighted by molar-refractivity contribution is 0.459. The van der Waals surface area contributed by atoms with Crippen LogP contribution in [-0.4, -0.2) is 5.16 Å². The fourth-order valence-electron chi connectivity index (χ4n) is 3.09. The van der Waals surface area contributed by atoms with Crippen molar-refractivity contribution in [3.8, 4) is 11.3 Å². The lowest BCUT2D eigenvalue weighted by Crippen LogP contribution is -2.14. The van der Waals surface area contributed by atoms with Crippen molar-refractivity contribution in [2.75, 3.05) is 0 Å². The van der Waals surface area contributed by atoms with Gasteiger partial charge in [-0.25, -0.2) is 0 Å². The Kier molecular flexibility index (Phi) is 3.85. The van der Waals surface area contributed by atoms with E-state index in [1.807, 2.05) is 54.6 Å². The first-order valence-electron chi connectivity index (χ1n) is 8.06. The maximum absolute atomic E-state index is 6.52. The molecule has 0 spiro atoms. The van der Waals surface area contributed by atoms with Crippen LogP contribution in [0.15, 0.2) is 83.4 Å². The predicted molar refractivity (Wildman–Crippen MR) is 96.5 cm³/mol. The molecule has 3 nitrogen and oxygen atoms in total. The summed E-state index contributed by atoms with van der Waals surface area (Å²) in [5.41, 5.74) is 11.5. The van der Waals surface area contributed by atoms with E-state index in [0.717, 1.165) is 34.2 Å². The van der Waals surface area contributed by atoms with Crippen molar-refractivity contribution in [3.63, 3.8) is 0 Å². The Labute approximate surface area is 140 Å².